The third-order valence-electron chi connectivity index (χ3n) is 5.30. The van der Waals surface area contributed by atoms with Crippen molar-refractivity contribution in [1.29, 1.82) is 0 Å². The molecule has 146 valence electrons. The standard InChI is InChI=1S/C23H26N2O2S/c1-2-27-21-15-18-9-4-3-8-17(18)14-19(21)23(26)24-16-20(22-10-7-13-28-22)25-11-5-6-12-25/h3-4,7-10,13-15,20H,2,5-6,11-12,16H2,1H3,(H,24,26). The molecule has 1 saturated heterocycles. The third-order valence-corrected chi connectivity index (χ3v) is 6.27. The van der Waals surface area contributed by atoms with E-state index in [0.717, 1.165) is 23.9 Å². The van der Waals surface area contributed by atoms with Gasteiger partial charge in [-0.2, -0.15) is 0 Å². The van der Waals surface area contributed by atoms with Crippen LogP contribution in [0.5, 0.6) is 5.75 Å². The van der Waals surface area contributed by atoms with E-state index in [0.29, 0.717) is 24.5 Å². The van der Waals surface area contributed by atoms with Gasteiger partial charge in [0, 0.05) is 11.4 Å². The molecule has 0 radical (unpaired) electrons. The summed E-state index contributed by atoms with van der Waals surface area (Å²) in [6, 6.07) is 16.5. The molecule has 1 atom stereocenters. The molecule has 4 rings (SSSR count). The summed E-state index contributed by atoms with van der Waals surface area (Å²) in [5, 5.41) is 7.41. The Morgan fingerprint density at radius 1 is 1.14 bits per heavy atom. The number of fused-ring (bicyclic) bond motifs is 1. The summed E-state index contributed by atoms with van der Waals surface area (Å²) in [6.07, 6.45) is 2.46. The van der Waals surface area contributed by atoms with Gasteiger partial charge in [0.15, 0.2) is 0 Å². The average molecular weight is 395 g/mol. The number of amides is 1. The summed E-state index contributed by atoms with van der Waals surface area (Å²) in [6.45, 7) is 5.27. The molecule has 0 aliphatic carbocycles. The molecule has 1 aliphatic heterocycles. The maximum absolute atomic E-state index is 13.1. The number of carbonyl (C=O) groups is 1. The molecule has 2 aromatic carbocycles. The van der Waals surface area contributed by atoms with Crippen molar-refractivity contribution in [2.75, 3.05) is 26.2 Å². The number of carbonyl (C=O) groups excluding carboxylic acids is 1. The van der Waals surface area contributed by atoms with E-state index in [1.807, 2.05) is 43.3 Å². The Bertz CT molecular complexity index is 933. The number of nitrogens with zero attached hydrogens (tertiary/aromatic N) is 1. The molecule has 0 bridgehead atoms. The summed E-state index contributed by atoms with van der Waals surface area (Å²) in [5.74, 6) is 0.572. The van der Waals surface area contributed by atoms with Crippen LogP contribution in [-0.4, -0.2) is 37.0 Å². The summed E-state index contributed by atoms with van der Waals surface area (Å²) < 4.78 is 5.78. The Morgan fingerprint density at radius 2 is 1.89 bits per heavy atom. The predicted molar refractivity (Wildman–Crippen MR) is 115 cm³/mol. The van der Waals surface area contributed by atoms with Gasteiger partial charge in [-0.1, -0.05) is 30.3 Å². The minimum Gasteiger partial charge on any atom is -0.493 e. The average Bonchev–Trinajstić information content (AvgIpc) is 3.42. The maximum Gasteiger partial charge on any atom is 0.255 e. The van der Waals surface area contributed by atoms with Gasteiger partial charge in [-0.25, -0.2) is 0 Å². The number of ether oxygens (including phenoxy) is 1. The van der Waals surface area contributed by atoms with Crippen molar-refractivity contribution >= 4 is 28.0 Å². The van der Waals surface area contributed by atoms with Crippen molar-refractivity contribution in [2.24, 2.45) is 0 Å². The minimum atomic E-state index is -0.0741. The Hall–Kier alpha value is -2.37. The van der Waals surface area contributed by atoms with E-state index in [1.165, 1.54) is 17.7 Å². The number of hydrogen-bond donors (Lipinski definition) is 1. The van der Waals surface area contributed by atoms with Gasteiger partial charge in [0.05, 0.1) is 18.2 Å². The van der Waals surface area contributed by atoms with Crippen LogP contribution in [0.2, 0.25) is 0 Å². The molecule has 1 aliphatic rings. The SMILES string of the molecule is CCOc1cc2ccccc2cc1C(=O)NCC(c1cccs1)N1CCCC1. The number of thiophene rings is 1. The Kier molecular flexibility index (Phi) is 5.93. The summed E-state index contributed by atoms with van der Waals surface area (Å²) in [4.78, 5) is 16.9. The van der Waals surface area contributed by atoms with Crippen LogP contribution < -0.4 is 10.1 Å². The second kappa shape index (κ2) is 8.76. The number of likely N-dealkylation sites (tertiary alicyclic amines) is 1. The van der Waals surface area contributed by atoms with E-state index in [-0.39, 0.29) is 11.9 Å². The first-order valence-electron chi connectivity index (χ1n) is 9.97. The van der Waals surface area contributed by atoms with Crippen LogP contribution >= 0.6 is 11.3 Å². The van der Waals surface area contributed by atoms with Crippen molar-refractivity contribution in [3.8, 4) is 5.75 Å². The van der Waals surface area contributed by atoms with Crippen LogP contribution in [0.1, 0.15) is 41.0 Å². The highest BCUT2D eigenvalue weighted by Crippen LogP contribution is 2.29. The minimum absolute atomic E-state index is 0.0741. The zero-order chi connectivity index (χ0) is 19.3. The monoisotopic (exact) mass is 394 g/mol. The van der Waals surface area contributed by atoms with Gasteiger partial charge in [0.2, 0.25) is 0 Å². The van der Waals surface area contributed by atoms with Gasteiger partial charge in [-0.05, 0) is 67.2 Å². The molecule has 28 heavy (non-hydrogen) atoms. The van der Waals surface area contributed by atoms with E-state index in [4.69, 9.17) is 4.74 Å². The van der Waals surface area contributed by atoms with Crippen LogP contribution in [-0.2, 0) is 0 Å². The van der Waals surface area contributed by atoms with Gasteiger partial charge in [-0.3, -0.25) is 9.69 Å². The highest BCUT2D eigenvalue weighted by Gasteiger charge is 2.25. The van der Waals surface area contributed by atoms with Crippen molar-refractivity contribution in [1.82, 2.24) is 10.2 Å². The molecular formula is C23H26N2O2S. The fraction of sp³-hybridized carbons (Fsp3) is 0.348. The highest BCUT2D eigenvalue weighted by atomic mass is 32.1. The summed E-state index contributed by atoms with van der Waals surface area (Å²) >= 11 is 1.76. The predicted octanol–water partition coefficient (Wildman–Crippen LogP) is 4.87. The molecular weight excluding hydrogens is 368 g/mol. The number of nitrogens with one attached hydrogen (secondary N) is 1. The van der Waals surface area contributed by atoms with Gasteiger partial charge >= 0.3 is 0 Å². The first kappa shape index (κ1) is 19.0. The second-order valence-corrected chi connectivity index (χ2v) is 8.09. The molecule has 1 N–H and O–H groups in total. The fourth-order valence-electron chi connectivity index (χ4n) is 3.90. The lowest BCUT2D eigenvalue weighted by Gasteiger charge is -2.27. The third kappa shape index (κ3) is 4.05. The van der Waals surface area contributed by atoms with Crippen LogP contribution in [0.25, 0.3) is 10.8 Å². The Balaban J connectivity index is 1.56. The van der Waals surface area contributed by atoms with Gasteiger partial charge in [0.1, 0.15) is 5.75 Å². The summed E-state index contributed by atoms with van der Waals surface area (Å²) in [7, 11) is 0. The molecule has 5 heteroatoms. The van der Waals surface area contributed by atoms with E-state index >= 15 is 0 Å². The molecule has 0 spiro atoms. The molecule has 1 amide bonds. The normalized spacial score (nSPS) is 15.6. The van der Waals surface area contributed by atoms with Crippen molar-refractivity contribution < 1.29 is 9.53 Å². The quantitative estimate of drug-likeness (QED) is 0.622. The first-order chi connectivity index (χ1) is 13.8. The number of benzene rings is 2. The van der Waals surface area contributed by atoms with E-state index in [9.17, 15) is 4.79 Å². The number of rotatable bonds is 7. The number of hydrogen-bond acceptors (Lipinski definition) is 4. The molecule has 2 heterocycles. The molecule has 1 aromatic heterocycles. The maximum atomic E-state index is 13.1. The van der Waals surface area contributed by atoms with Crippen LogP contribution in [0, 0.1) is 0 Å². The molecule has 0 saturated carbocycles. The molecule has 1 unspecified atom stereocenters. The van der Waals surface area contributed by atoms with Crippen LogP contribution in [0.4, 0.5) is 0 Å². The van der Waals surface area contributed by atoms with E-state index < -0.39 is 0 Å². The lowest BCUT2D eigenvalue weighted by molar-refractivity contribution is 0.0935. The highest BCUT2D eigenvalue weighted by molar-refractivity contribution is 7.10. The van der Waals surface area contributed by atoms with E-state index in [2.05, 4.69) is 27.7 Å². The van der Waals surface area contributed by atoms with Crippen molar-refractivity contribution in [3.05, 3.63) is 64.4 Å². The van der Waals surface area contributed by atoms with E-state index in [1.54, 1.807) is 11.3 Å². The van der Waals surface area contributed by atoms with Gasteiger partial charge < -0.3 is 10.1 Å². The van der Waals surface area contributed by atoms with Crippen LogP contribution in [0.15, 0.2) is 53.9 Å². The van der Waals surface area contributed by atoms with Crippen molar-refractivity contribution in [3.63, 3.8) is 0 Å². The van der Waals surface area contributed by atoms with Crippen molar-refractivity contribution in [2.45, 2.75) is 25.8 Å². The lowest BCUT2D eigenvalue weighted by atomic mass is 10.0. The summed E-state index contributed by atoms with van der Waals surface area (Å²) in [5.41, 5.74) is 0.604. The lowest BCUT2D eigenvalue weighted by Crippen LogP contribution is -2.36. The Morgan fingerprint density at radius 3 is 2.57 bits per heavy atom. The fourth-order valence-corrected chi connectivity index (χ4v) is 4.76. The molecule has 1 fully saturated rings. The van der Waals surface area contributed by atoms with Gasteiger partial charge in [0.25, 0.3) is 5.91 Å². The largest absolute Gasteiger partial charge is 0.493 e. The van der Waals surface area contributed by atoms with Crippen LogP contribution in [0.3, 0.4) is 0 Å². The van der Waals surface area contributed by atoms with Gasteiger partial charge in [-0.15, -0.1) is 11.3 Å². The first-order valence-corrected chi connectivity index (χ1v) is 10.9. The molecule has 3 aromatic rings. The zero-order valence-corrected chi connectivity index (χ0v) is 17.0. The molecule has 4 nitrogen and oxygen atoms in total. The second-order valence-electron chi connectivity index (χ2n) is 7.11. The Labute approximate surface area is 170 Å². The smallest absolute Gasteiger partial charge is 0.255 e. The topological polar surface area (TPSA) is 41.6 Å². The zero-order valence-electron chi connectivity index (χ0n) is 16.2.